The van der Waals surface area contributed by atoms with E-state index in [1.165, 1.54) is 4.57 Å². The van der Waals surface area contributed by atoms with Crippen molar-refractivity contribution >= 4 is 21.6 Å². The van der Waals surface area contributed by atoms with E-state index in [1.54, 1.807) is 19.2 Å². The predicted molar refractivity (Wildman–Crippen MR) is 71.8 cm³/mol. The number of anilines is 1. The molecule has 0 spiro atoms. The number of halogens is 1. The molecule has 0 amide bonds. The number of nitrogens with zero attached hydrogens (tertiary/aromatic N) is 3. The SMILES string of the molecule is C[C@H](C#N)n1cc(Br)cc(N2CCOCC2)c1=O. The Hall–Kier alpha value is -1.32. The zero-order chi connectivity index (χ0) is 13.1. The lowest BCUT2D eigenvalue weighted by Gasteiger charge is -2.28. The molecule has 2 heterocycles. The third kappa shape index (κ3) is 2.57. The highest BCUT2D eigenvalue weighted by molar-refractivity contribution is 9.10. The van der Waals surface area contributed by atoms with E-state index < -0.39 is 6.04 Å². The first-order valence-electron chi connectivity index (χ1n) is 5.77. The molecule has 0 N–H and O–H groups in total. The van der Waals surface area contributed by atoms with Gasteiger partial charge in [0.25, 0.3) is 5.56 Å². The Kier molecular flexibility index (Phi) is 4.04. The largest absolute Gasteiger partial charge is 0.378 e. The number of nitriles is 1. The van der Waals surface area contributed by atoms with Gasteiger partial charge in [0, 0.05) is 23.8 Å². The van der Waals surface area contributed by atoms with Gasteiger partial charge in [0.15, 0.2) is 0 Å². The van der Waals surface area contributed by atoms with E-state index in [0.717, 1.165) is 4.47 Å². The molecule has 1 fully saturated rings. The molecule has 0 bridgehead atoms. The summed E-state index contributed by atoms with van der Waals surface area (Å²) in [6.07, 6.45) is 1.65. The minimum atomic E-state index is -0.477. The minimum Gasteiger partial charge on any atom is -0.378 e. The molecule has 1 atom stereocenters. The lowest BCUT2D eigenvalue weighted by molar-refractivity contribution is 0.122. The molecule has 96 valence electrons. The first kappa shape index (κ1) is 13.1. The maximum atomic E-state index is 12.3. The molecule has 0 aromatic carbocycles. The van der Waals surface area contributed by atoms with Gasteiger partial charge < -0.3 is 9.64 Å². The second-order valence-electron chi connectivity index (χ2n) is 4.16. The van der Waals surface area contributed by atoms with Crippen LogP contribution in [0.3, 0.4) is 0 Å². The van der Waals surface area contributed by atoms with Gasteiger partial charge in [-0.15, -0.1) is 0 Å². The van der Waals surface area contributed by atoms with Crippen molar-refractivity contribution in [2.45, 2.75) is 13.0 Å². The Labute approximate surface area is 114 Å². The monoisotopic (exact) mass is 311 g/mol. The Morgan fingerprint density at radius 1 is 1.50 bits per heavy atom. The number of rotatable bonds is 2. The zero-order valence-electron chi connectivity index (χ0n) is 10.1. The van der Waals surface area contributed by atoms with Gasteiger partial charge >= 0.3 is 0 Å². The highest BCUT2D eigenvalue weighted by Gasteiger charge is 2.18. The summed E-state index contributed by atoms with van der Waals surface area (Å²) in [4.78, 5) is 14.3. The van der Waals surface area contributed by atoms with Crippen molar-refractivity contribution in [3.05, 3.63) is 27.1 Å². The topological polar surface area (TPSA) is 58.3 Å². The summed E-state index contributed by atoms with van der Waals surface area (Å²) in [5, 5.41) is 8.95. The van der Waals surface area contributed by atoms with Crippen LogP contribution in [0.1, 0.15) is 13.0 Å². The van der Waals surface area contributed by atoms with Crippen LogP contribution in [-0.2, 0) is 4.74 Å². The summed E-state index contributed by atoms with van der Waals surface area (Å²) in [6, 6.07) is 3.40. The molecular formula is C12H14BrN3O2. The van der Waals surface area contributed by atoms with Crippen molar-refractivity contribution in [3.8, 4) is 6.07 Å². The lowest BCUT2D eigenvalue weighted by Crippen LogP contribution is -2.40. The number of pyridine rings is 1. The maximum absolute atomic E-state index is 12.3. The highest BCUT2D eigenvalue weighted by Crippen LogP contribution is 2.18. The van der Waals surface area contributed by atoms with Crippen LogP contribution < -0.4 is 10.5 Å². The van der Waals surface area contributed by atoms with Gasteiger partial charge in [-0.05, 0) is 28.9 Å². The zero-order valence-corrected chi connectivity index (χ0v) is 11.7. The number of ether oxygens (including phenoxy) is 1. The summed E-state index contributed by atoms with van der Waals surface area (Å²) < 4.78 is 7.53. The van der Waals surface area contributed by atoms with Crippen molar-refractivity contribution in [2.75, 3.05) is 31.2 Å². The van der Waals surface area contributed by atoms with E-state index in [9.17, 15) is 4.79 Å². The first-order valence-corrected chi connectivity index (χ1v) is 6.57. The predicted octanol–water partition coefficient (Wildman–Crippen LogP) is 1.53. The fourth-order valence-corrected chi connectivity index (χ4v) is 2.37. The van der Waals surface area contributed by atoms with Crippen molar-refractivity contribution in [1.82, 2.24) is 4.57 Å². The molecule has 1 aromatic rings. The van der Waals surface area contributed by atoms with Gasteiger partial charge in [-0.25, -0.2) is 0 Å². The highest BCUT2D eigenvalue weighted by atomic mass is 79.9. The lowest BCUT2D eigenvalue weighted by atomic mass is 10.3. The minimum absolute atomic E-state index is 0.130. The molecule has 6 heteroatoms. The third-order valence-corrected chi connectivity index (χ3v) is 3.38. The normalized spacial score (nSPS) is 17.3. The fourth-order valence-electron chi connectivity index (χ4n) is 1.93. The number of aromatic nitrogens is 1. The molecule has 2 rings (SSSR count). The van der Waals surface area contributed by atoms with E-state index in [0.29, 0.717) is 32.0 Å². The molecule has 0 unspecified atom stereocenters. The average Bonchev–Trinajstić information content (AvgIpc) is 2.41. The summed E-state index contributed by atoms with van der Waals surface area (Å²) in [6.45, 7) is 4.36. The van der Waals surface area contributed by atoms with E-state index in [2.05, 4.69) is 22.0 Å². The van der Waals surface area contributed by atoms with Crippen molar-refractivity contribution in [2.24, 2.45) is 0 Å². The van der Waals surface area contributed by atoms with Crippen LogP contribution in [0.25, 0.3) is 0 Å². The second kappa shape index (κ2) is 5.55. The van der Waals surface area contributed by atoms with Gasteiger partial charge in [-0.1, -0.05) is 0 Å². The molecule has 0 aliphatic carbocycles. The summed E-state index contributed by atoms with van der Waals surface area (Å²) in [7, 11) is 0. The van der Waals surface area contributed by atoms with E-state index in [1.807, 2.05) is 4.90 Å². The van der Waals surface area contributed by atoms with Crippen molar-refractivity contribution in [1.29, 1.82) is 5.26 Å². The van der Waals surface area contributed by atoms with Crippen LogP contribution in [0.4, 0.5) is 5.69 Å². The van der Waals surface area contributed by atoms with Crippen LogP contribution in [0.2, 0.25) is 0 Å². The molecule has 1 aliphatic rings. The Morgan fingerprint density at radius 3 is 2.78 bits per heavy atom. The molecule has 0 saturated carbocycles. The third-order valence-electron chi connectivity index (χ3n) is 2.95. The maximum Gasteiger partial charge on any atom is 0.275 e. The fraction of sp³-hybridized carbons (Fsp3) is 0.500. The van der Waals surface area contributed by atoms with Crippen molar-refractivity contribution < 1.29 is 4.74 Å². The number of morpholine rings is 1. The van der Waals surface area contributed by atoms with Crippen LogP contribution in [-0.4, -0.2) is 30.9 Å². The molecule has 1 aliphatic heterocycles. The van der Waals surface area contributed by atoms with Crippen LogP contribution in [0.5, 0.6) is 0 Å². The second-order valence-corrected chi connectivity index (χ2v) is 5.08. The number of hydrogen-bond acceptors (Lipinski definition) is 4. The van der Waals surface area contributed by atoms with E-state index in [4.69, 9.17) is 10.00 Å². The standard InChI is InChI=1S/C12H14BrN3O2/c1-9(7-14)16-8-10(13)6-11(12(16)17)15-2-4-18-5-3-15/h6,8-9H,2-5H2,1H3/t9-/m1/s1. The number of hydrogen-bond donors (Lipinski definition) is 0. The van der Waals surface area contributed by atoms with E-state index in [-0.39, 0.29) is 5.56 Å². The molecule has 18 heavy (non-hydrogen) atoms. The average molecular weight is 312 g/mol. The van der Waals surface area contributed by atoms with Gasteiger partial charge in [0.2, 0.25) is 0 Å². The van der Waals surface area contributed by atoms with Gasteiger partial charge in [0.05, 0.1) is 19.3 Å². The van der Waals surface area contributed by atoms with Gasteiger partial charge in [-0.2, -0.15) is 5.26 Å². The molecule has 0 radical (unpaired) electrons. The smallest absolute Gasteiger partial charge is 0.275 e. The van der Waals surface area contributed by atoms with Gasteiger partial charge in [-0.3, -0.25) is 9.36 Å². The first-order chi connectivity index (χ1) is 8.63. The van der Waals surface area contributed by atoms with Crippen LogP contribution >= 0.6 is 15.9 Å². The van der Waals surface area contributed by atoms with E-state index >= 15 is 0 Å². The van der Waals surface area contributed by atoms with Crippen LogP contribution in [0, 0.1) is 11.3 Å². The summed E-state index contributed by atoms with van der Waals surface area (Å²) >= 11 is 3.38. The van der Waals surface area contributed by atoms with Crippen LogP contribution in [0.15, 0.2) is 21.5 Å². The molecule has 5 nitrogen and oxygen atoms in total. The van der Waals surface area contributed by atoms with Gasteiger partial charge in [0.1, 0.15) is 11.7 Å². The Morgan fingerprint density at radius 2 is 2.17 bits per heavy atom. The summed E-state index contributed by atoms with van der Waals surface area (Å²) in [5.74, 6) is 0. The molecule has 1 saturated heterocycles. The Balaban J connectivity index is 2.44. The molecular weight excluding hydrogens is 298 g/mol. The molecule has 1 aromatic heterocycles. The summed E-state index contributed by atoms with van der Waals surface area (Å²) in [5.41, 5.74) is 0.490. The Bertz CT molecular complexity index is 529. The quantitative estimate of drug-likeness (QED) is 0.831. The van der Waals surface area contributed by atoms with Crippen molar-refractivity contribution in [3.63, 3.8) is 0 Å².